The molecule has 3 nitrogen and oxygen atoms in total. The third kappa shape index (κ3) is 2.49. The van der Waals surface area contributed by atoms with E-state index in [2.05, 4.69) is 11.1 Å². The van der Waals surface area contributed by atoms with Crippen LogP contribution < -0.4 is 0 Å². The molecule has 1 heterocycles. The fourth-order valence-electron chi connectivity index (χ4n) is 1.74. The van der Waals surface area contributed by atoms with Gasteiger partial charge in [-0.15, -0.1) is 0 Å². The number of benzene rings is 1. The van der Waals surface area contributed by atoms with Crippen LogP contribution in [0.2, 0.25) is 0 Å². The first-order chi connectivity index (χ1) is 8.33. The van der Waals surface area contributed by atoms with Gasteiger partial charge in [-0.25, -0.2) is 0 Å². The second kappa shape index (κ2) is 5.24. The predicted molar refractivity (Wildman–Crippen MR) is 64.0 cm³/mol. The van der Waals surface area contributed by atoms with Gasteiger partial charge in [-0.05, 0) is 23.3 Å². The first-order valence-electron chi connectivity index (χ1n) is 5.35. The van der Waals surface area contributed by atoms with Crippen molar-refractivity contribution in [2.24, 2.45) is 0 Å². The quantitative estimate of drug-likeness (QED) is 0.871. The van der Waals surface area contributed by atoms with Crippen LogP contribution in [0, 0.1) is 11.3 Å². The standard InChI is InChI=1S/C14H12N2O/c15-10-13(11-4-2-1-3-5-11)14(17)12-6-8-16-9-7-12/h1-9,13-14,17H. The summed E-state index contributed by atoms with van der Waals surface area (Å²) in [6, 6.07) is 14.9. The number of hydrogen-bond acceptors (Lipinski definition) is 3. The van der Waals surface area contributed by atoms with Gasteiger partial charge >= 0.3 is 0 Å². The van der Waals surface area contributed by atoms with Crippen LogP contribution >= 0.6 is 0 Å². The molecule has 0 aliphatic heterocycles. The van der Waals surface area contributed by atoms with E-state index in [9.17, 15) is 10.4 Å². The molecule has 0 aliphatic rings. The van der Waals surface area contributed by atoms with Crippen LogP contribution in [0.25, 0.3) is 0 Å². The van der Waals surface area contributed by atoms with E-state index < -0.39 is 12.0 Å². The zero-order valence-electron chi connectivity index (χ0n) is 9.19. The molecule has 2 rings (SSSR count). The van der Waals surface area contributed by atoms with Crippen molar-refractivity contribution in [2.45, 2.75) is 12.0 Å². The van der Waals surface area contributed by atoms with Gasteiger partial charge in [-0.2, -0.15) is 5.26 Å². The van der Waals surface area contributed by atoms with Crippen LogP contribution in [-0.4, -0.2) is 10.1 Å². The van der Waals surface area contributed by atoms with E-state index in [-0.39, 0.29) is 0 Å². The Morgan fingerprint density at radius 3 is 2.24 bits per heavy atom. The normalized spacial score (nSPS) is 13.6. The second-order valence-corrected chi connectivity index (χ2v) is 3.74. The van der Waals surface area contributed by atoms with Crippen LogP contribution in [0.3, 0.4) is 0 Å². The number of aromatic nitrogens is 1. The molecule has 1 aromatic heterocycles. The van der Waals surface area contributed by atoms with Gasteiger partial charge in [0.2, 0.25) is 0 Å². The highest BCUT2D eigenvalue weighted by molar-refractivity contribution is 5.30. The summed E-state index contributed by atoms with van der Waals surface area (Å²) in [7, 11) is 0. The number of aliphatic hydroxyl groups is 1. The van der Waals surface area contributed by atoms with Crippen molar-refractivity contribution < 1.29 is 5.11 Å². The Morgan fingerprint density at radius 2 is 1.65 bits per heavy atom. The molecule has 0 bridgehead atoms. The van der Waals surface area contributed by atoms with E-state index in [1.807, 2.05) is 30.3 Å². The third-order valence-corrected chi connectivity index (χ3v) is 2.66. The predicted octanol–water partition coefficient (Wildman–Crippen LogP) is 2.42. The summed E-state index contributed by atoms with van der Waals surface area (Å²) in [5.74, 6) is -0.557. The summed E-state index contributed by atoms with van der Waals surface area (Å²) >= 11 is 0. The van der Waals surface area contributed by atoms with Gasteiger partial charge in [0.15, 0.2) is 0 Å². The van der Waals surface area contributed by atoms with E-state index in [0.29, 0.717) is 5.56 Å². The Morgan fingerprint density at radius 1 is 1.00 bits per heavy atom. The Labute approximate surface area is 100.0 Å². The van der Waals surface area contributed by atoms with Gasteiger partial charge in [0.05, 0.1) is 12.2 Å². The van der Waals surface area contributed by atoms with E-state index >= 15 is 0 Å². The molecule has 2 aromatic rings. The SMILES string of the molecule is N#CC(c1ccccc1)C(O)c1ccncc1. The lowest BCUT2D eigenvalue weighted by atomic mass is 9.91. The Kier molecular flexibility index (Phi) is 3.49. The topological polar surface area (TPSA) is 56.9 Å². The Balaban J connectivity index is 2.30. The fraction of sp³-hybridized carbons (Fsp3) is 0.143. The van der Waals surface area contributed by atoms with Gasteiger partial charge in [0.1, 0.15) is 5.92 Å². The van der Waals surface area contributed by atoms with Crippen molar-refractivity contribution in [1.82, 2.24) is 4.98 Å². The number of nitrogens with zero attached hydrogens (tertiary/aromatic N) is 2. The van der Waals surface area contributed by atoms with Crippen molar-refractivity contribution >= 4 is 0 Å². The highest BCUT2D eigenvalue weighted by atomic mass is 16.3. The largest absolute Gasteiger partial charge is 0.387 e. The molecule has 0 saturated carbocycles. The maximum atomic E-state index is 10.2. The average molecular weight is 224 g/mol. The molecular formula is C14H12N2O. The summed E-state index contributed by atoms with van der Waals surface area (Å²) in [6.45, 7) is 0. The van der Waals surface area contributed by atoms with Crippen molar-refractivity contribution in [3.05, 3.63) is 66.0 Å². The van der Waals surface area contributed by atoms with Crippen molar-refractivity contribution in [3.8, 4) is 6.07 Å². The van der Waals surface area contributed by atoms with Crippen molar-refractivity contribution in [2.75, 3.05) is 0 Å². The summed E-state index contributed by atoms with van der Waals surface area (Å²) in [5.41, 5.74) is 1.52. The molecular weight excluding hydrogens is 212 g/mol. The van der Waals surface area contributed by atoms with Crippen LogP contribution in [0.5, 0.6) is 0 Å². The molecule has 0 saturated heterocycles. The Bertz CT molecular complexity index is 505. The van der Waals surface area contributed by atoms with E-state index in [0.717, 1.165) is 5.56 Å². The minimum Gasteiger partial charge on any atom is -0.387 e. The zero-order valence-corrected chi connectivity index (χ0v) is 9.19. The van der Waals surface area contributed by atoms with Gasteiger partial charge in [-0.3, -0.25) is 4.98 Å². The highest BCUT2D eigenvalue weighted by Gasteiger charge is 2.21. The molecule has 0 fully saturated rings. The number of hydrogen-bond donors (Lipinski definition) is 1. The van der Waals surface area contributed by atoms with Crippen LogP contribution in [0.4, 0.5) is 0 Å². The molecule has 0 aliphatic carbocycles. The summed E-state index contributed by atoms with van der Waals surface area (Å²) in [5, 5.41) is 19.4. The summed E-state index contributed by atoms with van der Waals surface area (Å²) in [4.78, 5) is 3.89. The van der Waals surface area contributed by atoms with Crippen molar-refractivity contribution in [3.63, 3.8) is 0 Å². The molecule has 0 spiro atoms. The van der Waals surface area contributed by atoms with E-state index in [4.69, 9.17) is 0 Å². The molecule has 3 heteroatoms. The molecule has 2 atom stereocenters. The molecule has 84 valence electrons. The zero-order chi connectivity index (χ0) is 12.1. The monoisotopic (exact) mass is 224 g/mol. The number of nitriles is 1. The highest BCUT2D eigenvalue weighted by Crippen LogP contribution is 2.29. The minimum absolute atomic E-state index is 0.557. The van der Waals surface area contributed by atoms with Crippen LogP contribution in [0.1, 0.15) is 23.1 Å². The number of rotatable bonds is 3. The molecule has 0 amide bonds. The van der Waals surface area contributed by atoms with Crippen LogP contribution in [0.15, 0.2) is 54.9 Å². The lowest BCUT2D eigenvalue weighted by molar-refractivity contribution is 0.164. The molecule has 0 radical (unpaired) electrons. The van der Waals surface area contributed by atoms with E-state index in [1.54, 1.807) is 24.5 Å². The third-order valence-electron chi connectivity index (χ3n) is 2.66. The summed E-state index contributed by atoms with van der Waals surface area (Å²) in [6.07, 6.45) is 2.39. The van der Waals surface area contributed by atoms with Gasteiger partial charge in [-0.1, -0.05) is 30.3 Å². The smallest absolute Gasteiger partial charge is 0.101 e. The minimum atomic E-state index is -0.828. The van der Waals surface area contributed by atoms with Crippen LogP contribution in [-0.2, 0) is 0 Å². The lowest BCUT2D eigenvalue weighted by Gasteiger charge is -2.16. The number of pyridine rings is 1. The first kappa shape index (κ1) is 11.3. The molecule has 17 heavy (non-hydrogen) atoms. The first-order valence-corrected chi connectivity index (χ1v) is 5.35. The molecule has 1 aromatic carbocycles. The average Bonchev–Trinajstić information content (AvgIpc) is 2.42. The number of aliphatic hydroxyl groups excluding tert-OH is 1. The van der Waals surface area contributed by atoms with Gasteiger partial charge < -0.3 is 5.11 Å². The maximum absolute atomic E-state index is 10.2. The lowest BCUT2D eigenvalue weighted by Crippen LogP contribution is -2.09. The van der Waals surface area contributed by atoms with Gasteiger partial charge in [0, 0.05) is 12.4 Å². The molecule has 1 N–H and O–H groups in total. The second-order valence-electron chi connectivity index (χ2n) is 3.74. The summed E-state index contributed by atoms with van der Waals surface area (Å²) < 4.78 is 0. The van der Waals surface area contributed by atoms with E-state index in [1.165, 1.54) is 0 Å². The fourth-order valence-corrected chi connectivity index (χ4v) is 1.74. The Hall–Kier alpha value is -2.18. The molecule has 2 unspecified atom stereocenters. The van der Waals surface area contributed by atoms with Gasteiger partial charge in [0.25, 0.3) is 0 Å². The maximum Gasteiger partial charge on any atom is 0.101 e. The van der Waals surface area contributed by atoms with Crippen molar-refractivity contribution in [1.29, 1.82) is 5.26 Å².